The lowest BCUT2D eigenvalue weighted by atomic mass is 9.57. The lowest BCUT2D eigenvalue weighted by molar-refractivity contribution is -0.141. The highest BCUT2D eigenvalue weighted by atomic mass is 19.4. The van der Waals surface area contributed by atoms with Gasteiger partial charge in [0.25, 0.3) is 0 Å². The van der Waals surface area contributed by atoms with Crippen LogP contribution in [0.1, 0.15) is 26.1 Å². The van der Waals surface area contributed by atoms with Gasteiger partial charge < -0.3 is 19.9 Å². The third kappa shape index (κ3) is 3.22. The summed E-state index contributed by atoms with van der Waals surface area (Å²) in [6.45, 7) is 3.60. The van der Waals surface area contributed by atoms with E-state index in [0.29, 0.717) is 12.5 Å². The predicted octanol–water partition coefficient (Wildman–Crippen LogP) is 2.06. The fourth-order valence-electron chi connectivity index (χ4n) is 3.81. The molecule has 9 heteroatoms. The Morgan fingerprint density at radius 1 is 1.50 bits per heavy atom. The smallest absolute Gasteiger partial charge is 0.377 e. The molecule has 3 atom stereocenters. The minimum atomic E-state index is -4.33. The molecule has 134 valence electrons. The van der Waals surface area contributed by atoms with Crippen molar-refractivity contribution in [2.75, 3.05) is 6.61 Å². The molecule has 1 saturated heterocycles. The Bertz CT molecular complexity index is 614. The normalized spacial score (nSPS) is 28.1. The van der Waals surface area contributed by atoms with Gasteiger partial charge in [-0.2, -0.15) is 13.2 Å². The maximum atomic E-state index is 12.5. The molecule has 1 aliphatic heterocycles. The number of hydrogen-bond donors (Lipinski definition) is 2. The summed E-state index contributed by atoms with van der Waals surface area (Å²) >= 11 is 0. The van der Waals surface area contributed by atoms with Crippen LogP contribution in [-0.4, -0.2) is 40.5 Å². The highest BCUT2D eigenvalue weighted by molar-refractivity contribution is 5.74. The molecule has 0 unspecified atom stereocenters. The first-order valence-corrected chi connectivity index (χ1v) is 7.91. The molecule has 2 amide bonds. The molecule has 1 aromatic rings. The Balaban J connectivity index is 1.53. The first-order valence-electron chi connectivity index (χ1n) is 7.91. The Kier molecular flexibility index (Phi) is 4.23. The number of nitrogens with one attached hydrogen (secondary N) is 2. The summed E-state index contributed by atoms with van der Waals surface area (Å²) in [4.78, 5) is 16.0. The van der Waals surface area contributed by atoms with Crippen LogP contribution < -0.4 is 10.6 Å². The van der Waals surface area contributed by atoms with Gasteiger partial charge in [-0.25, -0.2) is 9.78 Å². The molecule has 2 N–H and O–H groups in total. The van der Waals surface area contributed by atoms with Gasteiger partial charge in [-0.05, 0) is 6.42 Å². The number of fused-ring (bicyclic) bond motifs is 1. The second kappa shape index (κ2) is 5.94. The number of aromatic nitrogens is 2. The van der Waals surface area contributed by atoms with Crippen LogP contribution in [0.3, 0.4) is 0 Å². The molecule has 24 heavy (non-hydrogen) atoms. The second-order valence-corrected chi connectivity index (χ2v) is 6.96. The first-order chi connectivity index (χ1) is 11.2. The van der Waals surface area contributed by atoms with Crippen molar-refractivity contribution >= 4 is 6.03 Å². The highest BCUT2D eigenvalue weighted by Crippen LogP contribution is 2.52. The second-order valence-electron chi connectivity index (χ2n) is 6.96. The SMILES string of the molecule is CC1(C)[C@H](NC(=O)NCc2nccn2CC(F)(F)F)[C@@H]2CCO[C@H]21. The lowest BCUT2D eigenvalue weighted by Crippen LogP contribution is -2.67. The molecule has 2 aliphatic rings. The zero-order chi connectivity index (χ0) is 17.5. The van der Waals surface area contributed by atoms with E-state index in [1.165, 1.54) is 12.4 Å². The Hall–Kier alpha value is -1.77. The minimum Gasteiger partial charge on any atom is -0.377 e. The van der Waals surface area contributed by atoms with Gasteiger partial charge in [0, 0.05) is 36.4 Å². The van der Waals surface area contributed by atoms with E-state index in [1.54, 1.807) is 0 Å². The first kappa shape index (κ1) is 17.1. The number of alkyl halides is 3. The van der Waals surface area contributed by atoms with Gasteiger partial charge >= 0.3 is 12.2 Å². The number of hydrogen-bond acceptors (Lipinski definition) is 3. The van der Waals surface area contributed by atoms with Crippen LogP contribution in [0.5, 0.6) is 0 Å². The summed E-state index contributed by atoms with van der Waals surface area (Å²) in [5.74, 6) is 0.468. The quantitative estimate of drug-likeness (QED) is 0.877. The van der Waals surface area contributed by atoms with Crippen molar-refractivity contribution in [2.45, 2.75) is 51.7 Å². The number of imidazole rings is 1. The lowest BCUT2D eigenvalue weighted by Gasteiger charge is -2.54. The molecule has 0 spiro atoms. The molecule has 2 fully saturated rings. The van der Waals surface area contributed by atoms with Crippen molar-refractivity contribution in [3.63, 3.8) is 0 Å². The average Bonchev–Trinajstić information content (AvgIpc) is 3.09. The fourth-order valence-corrected chi connectivity index (χ4v) is 3.81. The average molecular weight is 346 g/mol. The molecule has 1 saturated carbocycles. The van der Waals surface area contributed by atoms with Gasteiger partial charge in [0.2, 0.25) is 0 Å². The number of nitrogens with zero attached hydrogens (tertiary/aromatic N) is 2. The van der Waals surface area contributed by atoms with Crippen LogP contribution >= 0.6 is 0 Å². The Labute approximate surface area is 137 Å². The maximum absolute atomic E-state index is 12.5. The van der Waals surface area contributed by atoms with E-state index in [4.69, 9.17) is 4.74 Å². The molecule has 1 aromatic heterocycles. The van der Waals surface area contributed by atoms with Gasteiger partial charge in [0.1, 0.15) is 12.4 Å². The standard InChI is InChI=1S/C15H21F3N4O2/c1-14(2)11(9-3-6-24-12(9)14)21-13(23)20-7-10-19-4-5-22(10)8-15(16,17)18/h4-5,9,11-12H,3,6-8H2,1-2H3,(H2,20,21,23)/t9-,11+,12+/m0/s1. The Morgan fingerprint density at radius 3 is 2.96 bits per heavy atom. The van der Waals surface area contributed by atoms with Crippen LogP contribution in [0.25, 0.3) is 0 Å². The van der Waals surface area contributed by atoms with Gasteiger partial charge in [0.05, 0.1) is 12.6 Å². The fraction of sp³-hybridized carbons (Fsp3) is 0.733. The van der Waals surface area contributed by atoms with E-state index < -0.39 is 18.8 Å². The van der Waals surface area contributed by atoms with E-state index in [0.717, 1.165) is 11.0 Å². The van der Waals surface area contributed by atoms with Gasteiger partial charge in [0.15, 0.2) is 0 Å². The summed E-state index contributed by atoms with van der Waals surface area (Å²) in [6, 6.07) is -0.403. The highest BCUT2D eigenvalue weighted by Gasteiger charge is 2.59. The van der Waals surface area contributed by atoms with Crippen molar-refractivity contribution in [3.8, 4) is 0 Å². The molecule has 1 aliphatic carbocycles. The van der Waals surface area contributed by atoms with E-state index in [9.17, 15) is 18.0 Å². The number of carbonyl (C=O) groups is 1. The van der Waals surface area contributed by atoms with Crippen LogP contribution in [0.15, 0.2) is 12.4 Å². The summed E-state index contributed by atoms with van der Waals surface area (Å²) in [5.41, 5.74) is -0.146. The predicted molar refractivity (Wildman–Crippen MR) is 79.1 cm³/mol. The molecule has 2 heterocycles. The minimum absolute atomic E-state index is 0.0000740. The molecule has 0 aromatic carbocycles. The number of amides is 2. The number of halogens is 3. The van der Waals surface area contributed by atoms with E-state index >= 15 is 0 Å². The summed E-state index contributed by atoms with van der Waals surface area (Å²) < 4.78 is 44.1. The molecule has 0 radical (unpaired) electrons. The molecule has 6 nitrogen and oxygen atoms in total. The summed E-state index contributed by atoms with van der Waals surface area (Å²) in [5, 5.41) is 5.51. The molecule has 0 bridgehead atoms. The number of rotatable bonds is 4. The van der Waals surface area contributed by atoms with Crippen LogP contribution in [0, 0.1) is 11.3 Å². The zero-order valence-electron chi connectivity index (χ0n) is 13.6. The topological polar surface area (TPSA) is 68.2 Å². The van der Waals surface area contributed by atoms with Crippen molar-refractivity contribution in [2.24, 2.45) is 11.3 Å². The number of carbonyl (C=O) groups excluding carboxylic acids is 1. The maximum Gasteiger partial charge on any atom is 0.406 e. The molecular formula is C15H21F3N4O2. The third-order valence-electron chi connectivity index (χ3n) is 4.95. The van der Waals surface area contributed by atoms with Crippen molar-refractivity contribution in [1.82, 2.24) is 20.2 Å². The largest absolute Gasteiger partial charge is 0.406 e. The van der Waals surface area contributed by atoms with E-state index in [2.05, 4.69) is 15.6 Å². The van der Waals surface area contributed by atoms with Crippen LogP contribution in [0.2, 0.25) is 0 Å². The Morgan fingerprint density at radius 2 is 2.25 bits per heavy atom. The number of urea groups is 1. The summed E-state index contributed by atoms with van der Waals surface area (Å²) in [7, 11) is 0. The summed E-state index contributed by atoms with van der Waals surface area (Å²) in [6.07, 6.45) is -0.720. The van der Waals surface area contributed by atoms with E-state index in [1.807, 2.05) is 13.8 Å². The van der Waals surface area contributed by atoms with Crippen molar-refractivity contribution < 1.29 is 22.7 Å². The zero-order valence-corrected chi connectivity index (χ0v) is 13.6. The molecule has 3 rings (SSSR count). The third-order valence-corrected chi connectivity index (χ3v) is 4.95. The molecular weight excluding hydrogens is 325 g/mol. The van der Waals surface area contributed by atoms with Crippen LogP contribution in [-0.2, 0) is 17.8 Å². The van der Waals surface area contributed by atoms with Crippen molar-refractivity contribution in [1.29, 1.82) is 0 Å². The monoisotopic (exact) mass is 346 g/mol. The number of ether oxygens (including phenoxy) is 1. The van der Waals surface area contributed by atoms with Gasteiger partial charge in [-0.15, -0.1) is 0 Å². The van der Waals surface area contributed by atoms with Gasteiger partial charge in [-0.3, -0.25) is 0 Å². The van der Waals surface area contributed by atoms with E-state index in [-0.39, 0.29) is 29.9 Å². The van der Waals surface area contributed by atoms with Crippen LogP contribution in [0.4, 0.5) is 18.0 Å². The van der Waals surface area contributed by atoms with Gasteiger partial charge in [-0.1, -0.05) is 13.8 Å². The van der Waals surface area contributed by atoms with Crippen molar-refractivity contribution in [3.05, 3.63) is 18.2 Å².